The molecule has 9 heteroatoms. The molecule has 4 aromatic rings. The number of hydrogen-bond donors (Lipinski definition) is 2. The van der Waals surface area contributed by atoms with Gasteiger partial charge >= 0.3 is 6.09 Å². The molecule has 2 N–H and O–H groups in total. The van der Waals surface area contributed by atoms with Gasteiger partial charge in [-0.25, -0.2) is 9.78 Å². The van der Waals surface area contributed by atoms with Crippen LogP contribution in [0.15, 0.2) is 54.9 Å². The largest absolute Gasteiger partial charge is 0.465 e. The van der Waals surface area contributed by atoms with Gasteiger partial charge in [0, 0.05) is 53.4 Å². The van der Waals surface area contributed by atoms with Gasteiger partial charge in [-0.05, 0) is 50.5 Å². The molecule has 2 amide bonds. The van der Waals surface area contributed by atoms with Crippen LogP contribution in [0.2, 0.25) is 0 Å². The van der Waals surface area contributed by atoms with Crippen molar-refractivity contribution in [3.8, 4) is 22.4 Å². The first-order valence-corrected chi connectivity index (χ1v) is 13.7. The van der Waals surface area contributed by atoms with Crippen LogP contribution in [-0.2, 0) is 4.79 Å². The number of hydrogen-bond acceptors (Lipinski definition) is 5. The zero-order chi connectivity index (χ0) is 26.7. The van der Waals surface area contributed by atoms with Crippen LogP contribution in [0.5, 0.6) is 0 Å². The first kappa shape index (κ1) is 23.8. The number of aromatic nitrogens is 4. The SMILES string of the molecule is CC(=O)Nc1c(C2CC2)c(C2CC3CCC(C2)N3C(=O)O)nc2c(-c3ccc(-c4ccccc4)nc3)cnn12. The summed E-state index contributed by atoms with van der Waals surface area (Å²) in [5, 5.41) is 17.6. The Morgan fingerprint density at radius 2 is 1.67 bits per heavy atom. The van der Waals surface area contributed by atoms with Crippen LogP contribution in [0.3, 0.4) is 0 Å². The number of rotatable bonds is 5. The Bertz CT molecular complexity index is 1560. The van der Waals surface area contributed by atoms with Gasteiger partial charge in [-0.2, -0.15) is 9.61 Å². The van der Waals surface area contributed by atoms with Gasteiger partial charge in [0.2, 0.25) is 5.91 Å². The molecule has 7 rings (SSSR count). The number of nitrogens with zero attached hydrogens (tertiary/aromatic N) is 5. The number of amides is 2. The highest BCUT2D eigenvalue weighted by molar-refractivity contribution is 5.90. The van der Waals surface area contributed by atoms with E-state index < -0.39 is 6.09 Å². The Morgan fingerprint density at radius 3 is 2.28 bits per heavy atom. The lowest BCUT2D eigenvalue weighted by atomic mass is 9.85. The number of piperidine rings is 1. The van der Waals surface area contributed by atoms with Crippen molar-refractivity contribution >= 4 is 23.5 Å². The number of fused-ring (bicyclic) bond motifs is 3. The van der Waals surface area contributed by atoms with E-state index in [1.54, 1.807) is 15.6 Å². The van der Waals surface area contributed by atoms with Crippen LogP contribution in [0, 0.1) is 0 Å². The lowest BCUT2D eigenvalue weighted by Gasteiger charge is -2.37. The Kier molecular flexibility index (Phi) is 5.61. The van der Waals surface area contributed by atoms with Crippen molar-refractivity contribution in [1.29, 1.82) is 0 Å². The summed E-state index contributed by atoms with van der Waals surface area (Å²) in [6.07, 6.45) is 8.21. The molecule has 2 unspecified atom stereocenters. The molecule has 3 fully saturated rings. The fourth-order valence-corrected chi connectivity index (χ4v) is 6.64. The van der Waals surface area contributed by atoms with Crippen LogP contribution in [0.25, 0.3) is 28.0 Å². The fraction of sp³-hybridized carbons (Fsp3) is 0.367. The van der Waals surface area contributed by atoms with Crippen LogP contribution >= 0.6 is 0 Å². The van der Waals surface area contributed by atoms with Crippen molar-refractivity contribution in [2.45, 2.75) is 69.4 Å². The second-order valence-corrected chi connectivity index (χ2v) is 11.0. The van der Waals surface area contributed by atoms with Gasteiger partial charge in [0.25, 0.3) is 0 Å². The number of anilines is 1. The van der Waals surface area contributed by atoms with Gasteiger partial charge < -0.3 is 15.3 Å². The zero-order valence-electron chi connectivity index (χ0n) is 21.7. The summed E-state index contributed by atoms with van der Waals surface area (Å²) in [7, 11) is 0. The maximum absolute atomic E-state index is 12.4. The monoisotopic (exact) mass is 522 g/mol. The lowest BCUT2D eigenvalue weighted by Crippen LogP contribution is -2.45. The second-order valence-electron chi connectivity index (χ2n) is 11.0. The summed E-state index contributed by atoms with van der Waals surface area (Å²) in [6.45, 7) is 1.52. The summed E-state index contributed by atoms with van der Waals surface area (Å²) in [6, 6.07) is 14.1. The van der Waals surface area contributed by atoms with Gasteiger partial charge in [0.15, 0.2) is 5.65 Å². The van der Waals surface area contributed by atoms with Crippen LogP contribution in [0.1, 0.15) is 68.5 Å². The van der Waals surface area contributed by atoms with Gasteiger partial charge in [-0.3, -0.25) is 9.78 Å². The van der Waals surface area contributed by atoms with E-state index in [2.05, 4.69) is 10.4 Å². The van der Waals surface area contributed by atoms with Crippen molar-refractivity contribution in [3.63, 3.8) is 0 Å². The molecule has 3 aromatic heterocycles. The average Bonchev–Trinajstić information content (AvgIpc) is 3.62. The third-order valence-corrected chi connectivity index (χ3v) is 8.48. The average molecular weight is 523 g/mol. The van der Waals surface area contributed by atoms with Crippen LogP contribution in [-0.4, -0.2) is 53.7 Å². The minimum absolute atomic E-state index is 0.0136. The van der Waals surface area contributed by atoms with E-state index in [0.29, 0.717) is 17.4 Å². The third kappa shape index (κ3) is 4.13. The molecule has 2 saturated heterocycles. The Hall–Kier alpha value is -4.27. The molecule has 39 heavy (non-hydrogen) atoms. The van der Waals surface area contributed by atoms with Gasteiger partial charge in [-0.15, -0.1) is 0 Å². The van der Waals surface area contributed by atoms with E-state index in [9.17, 15) is 14.7 Å². The number of carbonyl (C=O) groups excluding carboxylic acids is 1. The summed E-state index contributed by atoms with van der Waals surface area (Å²) in [5.74, 6) is 1.00. The number of carboxylic acid groups (broad SMARTS) is 1. The predicted octanol–water partition coefficient (Wildman–Crippen LogP) is 5.68. The Labute approximate surface area is 225 Å². The molecule has 2 aliphatic heterocycles. The summed E-state index contributed by atoms with van der Waals surface area (Å²) >= 11 is 0. The van der Waals surface area contributed by atoms with Crippen molar-refractivity contribution in [2.24, 2.45) is 0 Å². The van der Waals surface area contributed by atoms with Gasteiger partial charge in [-0.1, -0.05) is 36.4 Å². The summed E-state index contributed by atoms with van der Waals surface area (Å²) < 4.78 is 1.76. The standard InChI is InChI=1S/C30H30N6O3/c1-17(37)33-29-26(19-7-8-19)27(21-13-22-10-11-23(14-21)35(22)30(38)39)34-28-24(16-32-36(28)29)20-9-12-25(31-15-20)18-5-3-2-4-6-18/h2-6,9,12,15-16,19,21-23H,7-8,10-11,13-14H2,1H3,(H,33,37)(H,38,39). The number of pyridine rings is 1. The first-order valence-electron chi connectivity index (χ1n) is 13.7. The molecular formula is C30H30N6O3. The van der Waals surface area contributed by atoms with Crippen molar-refractivity contribution < 1.29 is 14.7 Å². The highest BCUT2D eigenvalue weighted by Gasteiger charge is 2.46. The smallest absolute Gasteiger partial charge is 0.407 e. The van der Waals surface area contributed by atoms with E-state index in [4.69, 9.17) is 9.97 Å². The molecular weight excluding hydrogens is 492 g/mol. The molecule has 9 nitrogen and oxygen atoms in total. The lowest BCUT2D eigenvalue weighted by molar-refractivity contribution is -0.114. The van der Waals surface area contributed by atoms with Crippen molar-refractivity contribution in [3.05, 3.63) is 66.1 Å². The van der Waals surface area contributed by atoms with E-state index in [1.807, 2.05) is 48.7 Å². The molecule has 0 spiro atoms. The summed E-state index contributed by atoms with van der Waals surface area (Å²) in [4.78, 5) is 35.9. The number of carbonyl (C=O) groups is 2. The van der Waals surface area contributed by atoms with E-state index in [0.717, 1.165) is 72.2 Å². The fourth-order valence-electron chi connectivity index (χ4n) is 6.64. The maximum atomic E-state index is 12.4. The second kappa shape index (κ2) is 9.18. The normalized spacial score (nSPS) is 22.3. The Morgan fingerprint density at radius 1 is 0.923 bits per heavy atom. The highest BCUT2D eigenvalue weighted by Crippen LogP contribution is 2.51. The van der Waals surface area contributed by atoms with Crippen LogP contribution in [0.4, 0.5) is 10.6 Å². The Balaban J connectivity index is 1.34. The topological polar surface area (TPSA) is 113 Å². The molecule has 0 radical (unpaired) electrons. The highest BCUT2D eigenvalue weighted by atomic mass is 16.4. The molecule has 2 bridgehead atoms. The predicted molar refractivity (Wildman–Crippen MR) is 147 cm³/mol. The molecule has 1 aromatic carbocycles. The number of nitrogens with one attached hydrogen (secondary N) is 1. The van der Waals surface area contributed by atoms with Gasteiger partial charge in [0.1, 0.15) is 5.82 Å². The zero-order valence-corrected chi connectivity index (χ0v) is 21.7. The van der Waals surface area contributed by atoms with E-state index in [1.165, 1.54) is 6.92 Å². The molecule has 2 atom stereocenters. The molecule has 3 aliphatic rings. The molecule has 5 heterocycles. The molecule has 1 aliphatic carbocycles. The van der Waals surface area contributed by atoms with Crippen molar-refractivity contribution in [2.75, 3.05) is 5.32 Å². The minimum atomic E-state index is -0.824. The van der Waals surface area contributed by atoms with Gasteiger partial charge in [0.05, 0.1) is 17.6 Å². The molecule has 1 saturated carbocycles. The number of benzene rings is 1. The molecule has 198 valence electrons. The van der Waals surface area contributed by atoms with E-state index in [-0.39, 0.29) is 23.9 Å². The van der Waals surface area contributed by atoms with Crippen molar-refractivity contribution in [1.82, 2.24) is 24.5 Å². The van der Waals surface area contributed by atoms with Crippen LogP contribution < -0.4 is 5.32 Å². The van der Waals surface area contributed by atoms with E-state index >= 15 is 0 Å². The third-order valence-electron chi connectivity index (χ3n) is 8.48. The first-order chi connectivity index (χ1) is 19.0. The summed E-state index contributed by atoms with van der Waals surface area (Å²) in [5.41, 5.74) is 6.43. The quantitative estimate of drug-likeness (QED) is 0.349. The minimum Gasteiger partial charge on any atom is -0.465 e. The maximum Gasteiger partial charge on any atom is 0.407 e.